The van der Waals surface area contributed by atoms with Gasteiger partial charge in [-0.05, 0) is 36.6 Å². The van der Waals surface area contributed by atoms with Crippen LogP contribution in [0.15, 0.2) is 12.1 Å². The van der Waals surface area contributed by atoms with Crippen LogP contribution in [0.3, 0.4) is 0 Å². The van der Waals surface area contributed by atoms with Crippen molar-refractivity contribution in [3.8, 4) is 0 Å². The molecule has 1 aromatic carbocycles. The number of anilines is 1. The van der Waals surface area contributed by atoms with Crippen molar-refractivity contribution in [2.75, 3.05) is 11.9 Å². The van der Waals surface area contributed by atoms with Gasteiger partial charge in [-0.3, -0.25) is 0 Å². The van der Waals surface area contributed by atoms with E-state index in [2.05, 4.69) is 12.1 Å². The number of carboxylic acids is 1. The van der Waals surface area contributed by atoms with Gasteiger partial charge in [-0.2, -0.15) is 0 Å². The summed E-state index contributed by atoms with van der Waals surface area (Å²) in [7, 11) is 1.85. The summed E-state index contributed by atoms with van der Waals surface area (Å²) in [6, 6.07) is 3.77. The zero-order chi connectivity index (χ0) is 11.2. The molecule has 1 heterocycles. The maximum absolute atomic E-state index is 11.0. The second kappa shape index (κ2) is 3.26. The third-order valence-electron chi connectivity index (χ3n) is 3.12. The van der Waals surface area contributed by atoms with Crippen molar-refractivity contribution in [3.63, 3.8) is 0 Å². The normalized spacial score (nSPS) is 19.1. The second-order valence-corrected chi connectivity index (χ2v) is 4.25. The van der Waals surface area contributed by atoms with E-state index in [1.807, 2.05) is 25.8 Å². The van der Waals surface area contributed by atoms with Crippen molar-refractivity contribution < 1.29 is 9.90 Å². The molecule has 1 aliphatic heterocycles. The number of rotatable bonds is 1. The summed E-state index contributed by atoms with van der Waals surface area (Å²) in [4.78, 5) is 12.9. The molecule has 0 bridgehead atoms. The molecule has 0 aliphatic carbocycles. The number of benzene rings is 1. The Balaban J connectivity index is 2.49. The average Bonchev–Trinajstić information content (AvgIpc) is 2.44. The lowest BCUT2D eigenvalue weighted by atomic mass is 10.0. The van der Waals surface area contributed by atoms with Gasteiger partial charge in [0.25, 0.3) is 0 Å². The minimum Gasteiger partial charge on any atom is -0.480 e. The largest absolute Gasteiger partial charge is 0.480 e. The number of fused-ring (bicyclic) bond motifs is 1. The lowest BCUT2D eigenvalue weighted by Gasteiger charge is -2.18. The van der Waals surface area contributed by atoms with E-state index in [-0.39, 0.29) is 0 Å². The van der Waals surface area contributed by atoms with Gasteiger partial charge in [-0.1, -0.05) is 6.07 Å². The molecule has 15 heavy (non-hydrogen) atoms. The maximum atomic E-state index is 11.0. The van der Waals surface area contributed by atoms with E-state index in [9.17, 15) is 4.79 Å². The SMILES string of the molecule is Cc1cc(C)c2c(c1)N(C)C(C(=O)O)C2. The molecule has 0 amide bonds. The Kier molecular flexibility index (Phi) is 2.18. The van der Waals surface area contributed by atoms with Crippen molar-refractivity contribution in [2.45, 2.75) is 26.3 Å². The molecule has 3 heteroatoms. The Bertz CT molecular complexity index is 426. The smallest absolute Gasteiger partial charge is 0.326 e. The summed E-state index contributed by atoms with van der Waals surface area (Å²) in [5.74, 6) is -0.745. The molecule has 1 atom stereocenters. The molecule has 3 nitrogen and oxygen atoms in total. The van der Waals surface area contributed by atoms with Crippen LogP contribution in [0, 0.1) is 13.8 Å². The number of carbonyl (C=O) groups is 1. The summed E-state index contributed by atoms with van der Waals surface area (Å²) in [6.07, 6.45) is 0.618. The van der Waals surface area contributed by atoms with E-state index in [1.165, 1.54) is 16.7 Å². The van der Waals surface area contributed by atoms with E-state index in [4.69, 9.17) is 5.11 Å². The van der Waals surface area contributed by atoms with E-state index in [0.29, 0.717) is 6.42 Å². The Morgan fingerprint density at radius 3 is 2.73 bits per heavy atom. The van der Waals surface area contributed by atoms with Crippen LogP contribution in [0.4, 0.5) is 5.69 Å². The minimum atomic E-state index is -0.745. The summed E-state index contributed by atoms with van der Waals surface area (Å²) in [5.41, 5.74) is 4.63. The lowest BCUT2D eigenvalue weighted by Crippen LogP contribution is -2.35. The number of hydrogen-bond donors (Lipinski definition) is 1. The zero-order valence-corrected chi connectivity index (χ0v) is 9.24. The quantitative estimate of drug-likeness (QED) is 0.759. The summed E-state index contributed by atoms with van der Waals surface area (Å²) in [5, 5.41) is 9.07. The zero-order valence-electron chi connectivity index (χ0n) is 9.24. The number of aliphatic carboxylic acids is 1. The van der Waals surface area contributed by atoms with Crippen molar-refractivity contribution >= 4 is 11.7 Å². The highest BCUT2D eigenvalue weighted by Crippen LogP contribution is 2.34. The van der Waals surface area contributed by atoms with Gasteiger partial charge in [0.05, 0.1) is 0 Å². The first kappa shape index (κ1) is 10.0. The van der Waals surface area contributed by atoms with Gasteiger partial charge in [-0.25, -0.2) is 4.79 Å². The van der Waals surface area contributed by atoms with Gasteiger partial charge in [0.15, 0.2) is 0 Å². The van der Waals surface area contributed by atoms with Crippen LogP contribution in [-0.4, -0.2) is 24.2 Å². The monoisotopic (exact) mass is 205 g/mol. The average molecular weight is 205 g/mol. The van der Waals surface area contributed by atoms with Crippen molar-refractivity contribution in [3.05, 3.63) is 28.8 Å². The van der Waals surface area contributed by atoms with Gasteiger partial charge >= 0.3 is 5.97 Å². The summed E-state index contributed by atoms with van der Waals surface area (Å²) in [6.45, 7) is 4.08. The Hall–Kier alpha value is -1.51. The number of likely N-dealkylation sites (N-methyl/N-ethyl adjacent to an activating group) is 1. The molecule has 1 unspecified atom stereocenters. The third-order valence-corrected chi connectivity index (χ3v) is 3.12. The van der Waals surface area contributed by atoms with Crippen molar-refractivity contribution in [2.24, 2.45) is 0 Å². The topological polar surface area (TPSA) is 40.5 Å². The van der Waals surface area contributed by atoms with Gasteiger partial charge in [-0.15, -0.1) is 0 Å². The van der Waals surface area contributed by atoms with Crippen LogP contribution < -0.4 is 4.90 Å². The predicted molar refractivity (Wildman–Crippen MR) is 59.4 cm³/mol. The number of carboxylic acid groups (broad SMARTS) is 1. The van der Waals surface area contributed by atoms with Crippen LogP contribution in [0.25, 0.3) is 0 Å². The lowest BCUT2D eigenvalue weighted by molar-refractivity contribution is -0.138. The Labute approximate surface area is 89.3 Å². The molecule has 0 saturated heterocycles. The van der Waals surface area contributed by atoms with Gasteiger partial charge in [0, 0.05) is 19.2 Å². The molecule has 0 fully saturated rings. The van der Waals surface area contributed by atoms with E-state index < -0.39 is 12.0 Å². The van der Waals surface area contributed by atoms with E-state index >= 15 is 0 Å². The first-order valence-corrected chi connectivity index (χ1v) is 5.06. The Morgan fingerprint density at radius 2 is 2.13 bits per heavy atom. The fraction of sp³-hybridized carbons (Fsp3) is 0.417. The predicted octanol–water partition coefficient (Wildman–Crippen LogP) is 1.75. The molecule has 1 aliphatic rings. The molecular weight excluding hydrogens is 190 g/mol. The number of hydrogen-bond acceptors (Lipinski definition) is 2. The molecule has 0 radical (unpaired) electrons. The second-order valence-electron chi connectivity index (χ2n) is 4.25. The van der Waals surface area contributed by atoms with Crippen LogP contribution in [0.1, 0.15) is 16.7 Å². The first-order valence-electron chi connectivity index (χ1n) is 5.06. The highest BCUT2D eigenvalue weighted by Gasteiger charge is 2.32. The summed E-state index contributed by atoms with van der Waals surface area (Å²) >= 11 is 0. The molecule has 0 aromatic heterocycles. The molecule has 1 N–H and O–H groups in total. The van der Waals surface area contributed by atoms with Crippen molar-refractivity contribution in [1.82, 2.24) is 0 Å². The Morgan fingerprint density at radius 1 is 1.47 bits per heavy atom. The third kappa shape index (κ3) is 1.48. The van der Waals surface area contributed by atoms with Crippen molar-refractivity contribution in [1.29, 1.82) is 0 Å². The molecule has 80 valence electrons. The number of nitrogens with zero attached hydrogens (tertiary/aromatic N) is 1. The number of aryl methyl sites for hydroxylation is 2. The van der Waals surface area contributed by atoms with Crippen LogP contribution in [-0.2, 0) is 11.2 Å². The van der Waals surface area contributed by atoms with Gasteiger partial charge in [0.2, 0.25) is 0 Å². The molecule has 0 spiro atoms. The fourth-order valence-electron chi connectivity index (χ4n) is 2.31. The van der Waals surface area contributed by atoms with Crippen LogP contribution in [0.5, 0.6) is 0 Å². The van der Waals surface area contributed by atoms with Gasteiger partial charge in [0.1, 0.15) is 6.04 Å². The minimum absolute atomic E-state index is 0.402. The highest BCUT2D eigenvalue weighted by atomic mass is 16.4. The van der Waals surface area contributed by atoms with Gasteiger partial charge < -0.3 is 10.0 Å². The highest BCUT2D eigenvalue weighted by molar-refractivity contribution is 5.82. The first-order chi connectivity index (χ1) is 7.00. The molecular formula is C12H15NO2. The van der Waals surface area contributed by atoms with Crippen LogP contribution >= 0.6 is 0 Å². The summed E-state index contributed by atoms with van der Waals surface area (Å²) < 4.78 is 0. The molecule has 1 aromatic rings. The molecule has 2 rings (SSSR count). The molecule has 0 saturated carbocycles. The van der Waals surface area contributed by atoms with E-state index in [1.54, 1.807) is 0 Å². The van der Waals surface area contributed by atoms with E-state index in [0.717, 1.165) is 5.69 Å². The fourth-order valence-corrected chi connectivity index (χ4v) is 2.31. The standard InChI is InChI=1S/C12H15NO2/c1-7-4-8(2)9-6-11(12(14)15)13(3)10(9)5-7/h4-5,11H,6H2,1-3H3,(H,14,15). The van der Waals surface area contributed by atoms with Crippen LogP contribution in [0.2, 0.25) is 0 Å². The maximum Gasteiger partial charge on any atom is 0.326 e.